The molecule has 0 aliphatic rings. The van der Waals surface area contributed by atoms with E-state index in [-0.39, 0.29) is 33.8 Å². The lowest BCUT2D eigenvalue weighted by molar-refractivity contribution is -0.117. The summed E-state index contributed by atoms with van der Waals surface area (Å²) in [4.78, 5) is 11.6. The van der Waals surface area contributed by atoms with Crippen molar-refractivity contribution in [2.24, 2.45) is 0 Å². The highest BCUT2D eigenvalue weighted by molar-refractivity contribution is 7.10. The molecule has 0 saturated heterocycles. The number of hydrogen-bond donors (Lipinski definition) is 1. The molecule has 1 heterocycles. The van der Waals surface area contributed by atoms with Gasteiger partial charge in [0.15, 0.2) is 5.13 Å². The molecular formula is C19H17F3N2OS. The molecule has 7 heteroatoms. The van der Waals surface area contributed by atoms with Gasteiger partial charge < -0.3 is 5.32 Å². The Labute approximate surface area is 153 Å². The fourth-order valence-corrected chi connectivity index (χ4v) is 3.47. The topological polar surface area (TPSA) is 52.9 Å². The van der Waals surface area contributed by atoms with Crippen LogP contribution in [0.3, 0.4) is 0 Å². The third-order valence-electron chi connectivity index (χ3n) is 3.85. The van der Waals surface area contributed by atoms with Crippen molar-refractivity contribution in [3.05, 3.63) is 57.2 Å². The fourth-order valence-electron chi connectivity index (χ4n) is 2.49. The van der Waals surface area contributed by atoms with Crippen molar-refractivity contribution in [3.63, 3.8) is 0 Å². The Morgan fingerprint density at radius 1 is 1.35 bits per heavy atom. The minimum Gasteiger partial charge on any atom is -0.381 e. The number of nitrogens with zero attached hydrogens (tertiary/aromatic N) is 1. The van der Waals surface area contributed by atoms with Gasteiger partial charge in [-0.05, 0) is 38.5 Å². The first-order valence-electron chi connectivity index (χ1n) is 7.85. The Balaban J connectivity index is 2.54. The summed E-state index contributed by atoms with van der Waals surface area (Å²) in [6, 6.07) is 4.27. The van der Waals surface area contributed by atoms with E-state index in [9.17, 15) is 18.0 Å². The molecule has 1 N–H and O–H groups in total. The first-order chi connectivity index (χ1) is 12.3. The van der Waals surface area contributed by atoms with Gasteiger partial charge in [0.25, 0.3) is 0 Å². The van der Waals surface area contributed by atoms with Crippen LogP contribution >= 0.6 is 11.3 Å². The quantitative estimate of drug-likeness (QED) is 0.748. The van der Waals surface area contributed by atoms with Crippen LogP contribution in [-0.2, 0) is 4.79 Å². The second-order valence-corrected chi connectivity index (χ2v) is 6.81. The highest BCUT2D eigenvalue weighted by atomic mass is 32.1. The summed E-state index contributed by atoms with van der Waals surface area (Å²) < 4.78 is 43.0. The summed E-state index contributed by atoms with van der Waals surface area (Å²) in [5, 5.41) is 11.1. The molecule has 0 amide bonds. The van der Waals surface area contributed by atoms with Gasteiger partial charge in [-0.1, -0.05) is 12.1 Å². The van der Waals surface area contributed by atoms with E-state index in [1.807, 2.05) is 0 Å². The average Bonchev–Trinajstić information content (AvgIpc) is 2.89. The molecule has 0 saturated carbocycles. The van der Waals surface area contributed by atoms with Gasteiger partial charge >= 0.3 is 0 Å². The third kappa shape index (κ3) is 4.14. The van der Waals surface area contributed by atoms with Crippen LogP contribution in [0.4, 0.5) is 13.2 Å². The van der Waals surface area contributed by atoms with Crippen molar-refractivity contribution >= 4 is 17.1 Å². The number of halogens is 3. The molecule has 1 aromatic carbocycles. The van der Waals surface area contributed by atoms with Crippen LogP contribution in [0.25, 0.3) is 11.1 Å². The zero-order valence-corrected chi connectivity index (χ0v) is 15.3. The molecule has 1 atom stereocenters. The normalized spacial score (nSPS) is 12.6. The van der Waals surface area contributed by atoms with E-state index in [1.165, 1.54) is 13.0 Å². The van der Waals surface area contributed by atoms with E-state index < -0.39 is 22.8 Å². The molecule has 0 radical (unpaired) electrons. The molecule has 2 rings (SSSR count). The van der Waals surface area contributed by atoms with Crippen molar-refractivity contribution in [1.29, 1.82) is 5.26 Å². The SMILES string of the molecule is C/C=C(\C)NC(CC(C)=O)c1sc(F)c(-c2ccc(F)c(C#N)c2)c1F. The Kier molecular flexibility index (Phi) is 6.22. The second kappa shape index (κ2) is 8.19. The van der Waals surface area contributed by atoms with Crippen molar-refractivity contribution < 1.29 is 18.0 Å². The zero-order chi connectivity index (χ0) is 19.4. The molecule has 1 unspecified atom stereocenters. The lowest BCUT2D eigenvalue weighted by Crippen LogP contribution is -2.21. The Morgan fingerprint density at radius 3 is 2.62 bits per heavy atom. The van der Waals surface area contributed by atoms with Gasteiger partial charge in [0.05, 0.1) is 22.0 Å². The number of nitriles is 1. The van der Waals surface area contributed by atoms with Crippen molar-refractivity contribution in [3.8, 4) is 17.2 Å². The molecule has 0 bridgehead atoms. The molecule has 26 heavy (non-hydrogen) atoms. The van der Waals surface area contributed by atoms with Gasteiger partial charge in [0, 0.05) is 12.1 Å². The summed E-state index contributed by atoms with van der Waals surface area (Å²) in [5.74, 6) is -1.74. The third-order valence-corrected chi connectivity index (χ3v) is 4.92. The van der Waals surface area contributed by atoms with Crippen LogP contribution in [0, 0.1) is 28.1 Å². The maximum Gasteiger partial charge on any atom is 0.187 e. The zero-order valence-electron chi connectivity index (χ0n) is 14.5. The lowest BCUT2D eigenvalue weighted by atomic mass is 10.0. The summed E-state index contributed by atoms with van der Waals surface area (Å²) >= 11 is 0.596. The number of rotatable bonds is 6. The standard InChI is InChI=1S/C19H17F3N2OS/c1-4-10(2)24-15(7-11(3)25)18-17(21)16(19(22)26-18)12-5-6-14(20)13(8-12)9-23/h4-6,8,15,24H,7H2,1-3H3/b10-4+. The number of carbonyl (C=O) groups is 1. The molecule has 0 spiro atoms. The van der Waals surface area contributed by atoms with Crippen LogP contribution in [-0.4, -0.2) is 5.78 Å². The largest absolute Gasteiger partial charge is 0.381 e. The maximum atomic E-state index is 15.0. The minimum absolute atomic E-state index is 0.00560. The number of ketones is 1. The van der Waals surface area contributed by atoms with E-state index in [0.717, 1.165) is 17.8 Å². The highest BCUT2D eigenvalue weighted by Gasteiger charge is 2.27. The number of nitrogens with one attached hydrogen (secondary N) is 1. The smallest absolute Gasteiger partial charge is 0.187 e. The molecular weight excluding hydrogens is 361 g/mol. The summed E-state index contributed by atoms with van der Waals surface area (Å²) in [6.07, 6.45) is 1.75. The average molecular weight is 378 g/mol. The molecule has 0 fully saturated rings. The molecule has 0 aliphatic carbocycles. The van der Waals surface area contributed by atoms with Crippen LogP contribution in [0.1, 0.15) is 43.7 Å². The van der Waals surface area contributed by atoms with Gasteiger partial charge in [-0.15, -0.1) is 11.3 Å². The maximum absolute atomic E-state index is 15.0. The number of thiophene rings is 1. The van der Waals surface area contributed by atoms with E-state index in [4.69, 9.17) is 5.26 Å². The Hall–Kier alpha value is -2.59. The number of hydrogen-bond acceptors (Lipinski definition) is 4. The van der Waals surface area contributed by atoms with Crippen LogP contribution in [0.15, 0.2) is 30.0 Å². The van der Waals surface area contributed by atoms with E-state index in [1.54, 1.807) is 26.0 Å². The monoisotopic (exact) mass is 378 g/mol. The fraction of sp³-hybridized carbons (Fsp3) is 0.263. The summed E-state index contributed by atoms with van der Waals surface area (Å²) in [6.45, 7) is 4.92. The van der Waals surface area contributed by atoms with Crippen molar-refractivity contribution in [2.45, 2.75) is 33.2 Å². The Morgan fingerprint density at radius 2 is 2.04 bits per heavy atom. The highest BCUT2D eigenvalue weighted by Crippen LogP contribution is 2.39. The van der Waals surface area contributed by atoms with E-state index in [0.29, 0.717) is 11.3 Å². The van der Waals surface area contributed by atoms with Gasteiger partial charge in [0.1, 0.15) is 23.5 Å². The Bertz CT molecular complexity index is 912. The predicted molar refractivity (Wildman–Crippen MR) is 94.9 cm³/mol. The van der Waals surface area contributed by atoms with Gasteiger partial charge in [0.2, 0.25) is 0 Å². The minimum atomic E-state index is -0.814. The molecule has 0 aliphatic heterocycles. The van der Waals surface area contributed by atoms with Gasteiger partial charge in [-0.3, -0.25) is 4.79 Å². The lowest BCUT2D eigenvalue weighted by Gasteiger charge is -2.18. The second-order valence-electron chi connectivity index (χ2n) is 5.81. The number of benzene rings is 1. The first-order valence-corrected chi connectivity index (χ1v) is 8.66. The van der Waals surface area contributed by atoms with Gasteiger partial charge in [-0.2, -0.15) is 9.65 Å². The molecule has 136 valence electrons. The van der Waals surface area contributed by atoms with Crippen molar-refractivity contribution in [2.75, 3.05) is 0 Å². The molecule has 1 aromatic heterocycles. The summed E-state index contributed by atoms with van der Waals surface area (Å²) in [7, 11) is 0. The van der Waals surface area contributed by atoms with E-state index >= 15 is 0 Å². The summed E-state index contributed by atoms with van der Waals surface area (Å²) in [5.41, 5.74) is 0.177. The van der Waals surface area contributed by atoms with Crippen LogP contribution in [0.2, 0.25) is 0 Å². The molecule has 3 nitrogen and oxygen atoms in total. The number of Topliss-reactive ketones (excluding diaryl/α,β-unsaturated/α-hetero) is 1. The first kappa shape index (κ1) is 19.7. The van der Waals surface area contributed by atoms with Crippen LogP contribution < -0.4 is 5.32 Å². The van der Waals surface area contributed by atoms with Crippen LogP contribution in [0.5, 0.6) is 0 Å². The number of carbonyl (C=O) groups excluding carboxylic acids is 1. The predicted octanol–water partition coefficient (Wildman–Crippen LogP) is 5.24. The van der Waals surface area contributed by atoms with E-state index in [2.05, 4.69) is 5.32 Å². The van der Waals surface area contributed by atoms with Gasteiger partial charge in [-0.25, -0.2) is 8.78 Å². The van der Waals surface area contributed by atoms with Crippen molar-refractivity contribution in [1.82, 2.24) is 5.32 Å². The number of allylic oxidation sites excluding steroid dienone is 2. The molecule has 2 aromatic rings.